The summed E-state index contributed by atoms with van der Waals surface area (Å²) in [6.45, 7) is 4.05. The van der Waals surface area contributed by atoms with Gasteiger partial charge < -0.3 is 10.2 Å². The smallest absolute Gasteiger partial charge is 0.252 e. The van der Waals surface area contributed by atoms with Gasteiger partial charge in [-0.2, -0.15) is 0 Å². The predicted octanol–water partition coefficient (Wildman–Crippen LogP) is 5.37. The van der Waals surface area contributed by atoms with Crippen molar-refractivity contribution in [2.75, 3.05) is 12.8 Å². The maximum absolute atomic E-state index is 13.0. The molecule has 1 atom stereocenters. The molecular weight excluding hydrogens is 392 g/mol. The molecule has 0 heterocycles. The lowest BCUT2D eigenvalue weighted by Gasteiger charge is -2.31. The van der Waals surface area contributed by atoms with Crippen LogP contribution in [0.1, 0.15) is 66.6 Å². The summed E-state index contributed by atoms with van der Waals surface area (Å²) in [6.07, 6.45) is 5.89. The first-order chi connectivity index (χ1) is 14.5. The first kappa shape index (κ1) is 22.4. The van der Waals surface area contributed by atoms with Gasteiger partial charge in [-0.3, -0.25) is 9.59 Å². The van der Waals surface area contributed by atoms with Crippen LogP contribution in [-0.2, 0) is 4.79 Å². The lowest BCUT2D eigenvalue weighted by atomic mass is 9.94. The van der Waals surface area contributed by atoms with E-state index in [1.165, 1.54) is 31.0 Å². The van der Waals surface area contributed by atoms with Gasteiger partial charge in [-0.15, -0.1) is 11.8 Å². The topological polar surface area (TPSA) is 49.4 Å². The number of thioether (sulfide) groups is 1. The van der Waals surface area contributed by atoms with E-state index in [2.05, 4.69) is 18.3 Å². The largest absolute Gasteiger partial charge is 0.345 e. The Labute approximate surface area is 184 Å². The quantitative estimate of drug-likeness (QED) is 0.608. The van der Waals surface area contributed by atoms with E-state index >= 15 is 0 Å². The average Bonchev–Trinajstić information content (AvgIpc) is 2.77. The minimum Gasteiger partial charge on any atom is -0.345 e. The second kappa shape index (κ2) is 10.7. The summed E-state index contributed by atoms with van der Waals surface area (Å²) in [5.41, 5.74) is 2.89. The maximum Gasteiger partial charge on any atom is 0.252 e. The standard InChI is InChI=1S/C25H32N2O2S/c1-18-11-7-8-14-21(18)19(2)26-25(29)22-15-9-10-16-23(22)30-17-24(28)27(3)20-12-5-4-6-13-20/h7-11,14-16,19-20H,4-6,12-13,17H2,1-3H3,(H,26,29). The fourth-order valence-electron chi connectivity index (χ4n) is 4.12. The summed E-state index contributed by atoms with van der Waals surface area (Å²) < 4.78 is 0. The van der Waals surface area contributed by atoms with Crippen LogP contribution in [0.2, 0.25) is 0 Å². The summed E-state index contributed by atoms with van der Waals surface area (Å²) in [7, 11) is 1.92. The van der Waals surface area contributed by atoms with Gasteiger partial charge >= 0.3 is 0 Å². The fourth-order valence-corrected chi connectivity index (χ4v) is 5.09. The third-order valence-electron chi connectivity index (χ3n) is 6.00. The number of amides is 2. The number of hydrogen-bond acceptors (Lipinski definition) is 3. The Kier molecular flexibility index (Phi) is 7.97. The van der Waals surface area contributed by atoms with Gasteiger partial charge in [-0.25, -0.2) is 0 Å². The number of benzene rings is 2. The molecule has 2 aromatic carbocycles. The molecule has 30 heavy (non-hydrogen) atoms. The minimum absolute atomic E-state index is 0.0872. The van der Waals surface area contributed by atoms with Crippen molar-refractivity contribution >= 4 is 23.6 Å². The molecule has 0 aromatic heterocycles. The molecule has 5 heteroatoms. The zero-order chi connectivity index (χ0) is 21.5. The molecule has 2 amide bonds. The molecule has 160 valence electrons. The van der Waals surface area contributed by atoms with Gasteiger partial charge in [-0.1, -0.05) is 55.7 Å². The first-order valence-electron chi connectivity index (χ1n) is 10.8. The number of carbonyl (C=O) groups excluding carboxylic acids is 2. The predicted molar refractivity (Wildman–Crippen MR) is 124 cm³/mol. The molecule has 0 spiro atoms. The summed E-state index contributed by atoms with van der Waals surface area (Å²) in [6, 6.07) is 15.9. The van der Waals surface area contributed by atoms with E-state index in [9.17, 15) is 9.59 Å². The van der Waals surface area contributed by atoms with E-state index in [1.807, 2.05) is 61.3 Å². The van der Waals surface area contributed by atoms with Gasteiger partial charge in [0.05, 0.1) is 17.4 Å². The third-order valence-corrected chi connectivity index (χ3v) is 7.06. The van der Waals surface area contributed by atoms with E-state index in [-0.39, 0.29) is 17.9 Å². The average molecular weight is 425 g/mol. The third kappa shape index (κ3) is 5.66. The number of nitrogens with one attached hydrogen (secondary N) is 1. The molecule has 3 rings (SSSR count). The Balaban J connectivity index is 1.63. The highest BCUT2D eigenvalue weighted by atomic mass is 32.2. The van der Waals surface area contributed by atoms with Gasteiger partial charge in [0.15, 0.2) is 0 Å². The summed E-state index contributed by atoms with van der Waals surface area (Å²) in [4.78, 5) is 28.4. The Morgan fingerprint density at radius 1 is 1.07 bits per heavy atom. The molecule has 0 aliphatic heterocycles. The van der Waals surface area contributed by atoms with Crippen LogP contribution in [0.3, 0.4) is 0 Å². The van der Waals surface area contributed by atoms with Crippen molar-refractivity contribution < 1.29 is 9.59 Å². The molecule has 4 nitrogen and oxygen atoms in total. The molecule has 1 aliphatic carbocycles. The van der Waals surface area contributed by atoms with Crippen LogP contribution >= 0.6 is 11.8 Å². The zero-order valence-corrected chi connectivity index (χ0v) is 19.0. The highest BCUT2D eigenvalue weighted by Crippen LogP contribution is 2.26. The van der Waals surface area contributed by atoms with E-state index < -0.39 is 0 Å². The van der Waals surface area contributed by atoms with Crippen LogP contribution in [0.15, 0.2) is 53.4 Å². The molecule has 1 aliphatic rings. The zero-order valence-electron chi connectivity index (χ0n) is 18.2. The van der Waals surface area contributed by atoms with E-state index in [0.717, 1.165) is 28.9 Å². The molecule has 1 unspecified atom stereocenters. The van der Waals surface area contributed by atoms with E-state index in [4.69, 9.17) is 0 Å². The molecular formula is C25H32N2O2S. The molecule has 1 N–H and O–H groups in total. The molecule has 0 radical (unpaired) electrons. The van der Waals surface area contributed by atoms with E-state index in [0.29, 0.717) is 17.4 Å². The van der Waals surface area contributed by atoms with Crippen LogP contribution in [0, 0.1) is 6.92 Å². The lowest BCUT2D eigenvalue weighted by molar-refractivity contribution is -0.129. The molecule has 1 saturated carbocycles. The molecule has 0 saturated heterocycles. The summed E-state index contributed by atoms with van der Waals surface area (Å²) in [5, 5.41) is 3.11. The molecule has 0 bridgehead atoms. The normalized spacial score (nSPS) is 15.4. The maximum atomic E-state index is 13.0. The van der Waals surface area contributed by atoms with Crippen molar-refractivity contribution in [2.24, 2.45) is 0 Å². The number of aryl methyl sites for hydroxylation is 1. The highest BCUT2D eigenvalue weighted by Gasteiger charge is 2.23. The van der Waals surface area contributed by atoms with Crippen molar-refractivity contribution in [3.8, 4) is 0 Å². The van der Waals surface area contributed by atoms with Crippen LogP contribution in [-0.4, -0.2) is 35.6 Å². The van der Waals surface area contributed by atoms with Crippen molar-refractivity contribution in [1.29, 1.82) is 0 Å². The van der Waals surface area contributed by atoms with Crippen LogP contribution in [0.4, 0.5) is 0 Å². The summed E-state index contributed by atoms with van der Waals surface area (Å²) in [5.74, 6) is 0.377. The Bertz CT molecular complexity index is 877. The second-order valence-electron chi connectivity index (χ2n) is 8.13. The molecule has 1 fully saturated rings. The Hall–Kier alpha value is -2.27. The Morgan fingerprint density at radius 2 is 1.73 bits per heavy atom. The SMILES string of the molecule is Cc1ccccc1C(C)NC(=O)c1ccccc1SCC(=O)N(C)C1CCCCC1. The highest BCUT2D eigenvalue weighted by molar-refractivity contribution is 8.00. The number of hydrogen-bond donors (Lipinski definition) is 1. The first-order valence-corrected chi connectivity index (χ1v) is 11.8. The van der Waals surface area contributed by atoms with Crippen molar-refractivity contribution in [1.82, 2.24) is 10.2 Å². The van der Waals surface area contributed by atoms with Crippen molar-refractivity contribution in [2.45, 2.75) is 62.9 Å². The number of rotatable bonds is 7. The fraction of sp³-hybridized carbons (Fsp3) is 0.440. The van der Waals surface area contributed by atoms with Gasteiger partial charge in [-0.05, 0) is 49.9 Å². The summed E-state index contributed by atoms with van der Waals surface area (Å²) >= 11 is 1.45. The van der Waals surface area contributed by atoms with Gasteiger partial charge in [0, 0.05) is 18.0 Å². The monoisotopic (exact) mass is 424 g/mol. The number of nitrogens with zero attached hydrogens (tertiary/aromatic N) is 1. The van der Waals surface area contributed by atoms with Crippen molar-refractivity contribution in [3.63, 3.8) is 0 Å². The van der Waals surface area contributed by atoms with Gasteiger partial charge in [0.1, 0.15) is 0 Å². The van der Waals surface area contributed by atoms with Gasteiger partial charge in [0.25, 0.3) is 5.91 Å². The lowest BCUT2D eigenvalue weighted by Crippen LogP contribution is -2.39. The number of carbonyl (C=O) groups is 2. The minimum atomic E-state index is -0.109. The Morgan fingerprint density at radius 3 is 2.47 bits per heavy atom. The van der Waals surface area contributed by atoms with Crippen LogP contribution < -0.4 is 5.32 Å². The second-order valence-corrected chi connectivity index (χ2v) is 9.15. The van der Waals surface area contributed by atoms with Crippen LogP contribution in [0.5, 0.6) is 0 Å². The van der Waals surface area contributed by atoms with Gasteiger partial charge in [0.2, 0.25) is 5.91 Å². The van der Waals surface area contributed by atoms with Crippen LogP contribution in [0.25, 0.3) is 0 Å². The molecule has 2 aromatic rings. The van der Waals surface area contributed by atoms with Crippen molar-refractivity contribution in [3.05, 3.63) is 65.2 Å². The van der Waals surface area contributed by atoms with E-state index in [1.54, 1.807) is 0 Å².